The molecule has 128 valence electrons. The minimum atomic E-state index is -0.598. The zero-order valence-corrected chi connectivity index (χ0v) is 14.4. The zero-order valence-electron chi connectivity index (χ0n) is 13.5. The highest BCUT2D eigenvalue weighted by molar-refractivity contribution is 8.18. The fourth-order valence-electron chi connectivity index (χ4n) is 2.44. The van der Waals surface area contributed by atoms with Crippen molar-refractivity contribution in [3.05, 3.63) is 59.3 Å². The molecular weight excluding hydrogens is 340 g/mol. The number of aromatic nitrogens is 1. The number of rotatable bonds is 5. The van der Waals surface area contributed by atoms with Gasteiger partial charge in [0.25, 0.3) is 11.1 Å². The van der Waals surface area contributed by atoms with Gasteiger partial charge >= 0.3 is 5.97 Å². The summed E-state index contributed by atoms with van der Waals surface area (Å²) in [6, 6.07) is 13.4. The number of nitrogens with zero attached hydrogens (tertiary/aromatic N) is 2. The van der Waals surface area contributed by atoms with E-state index < -0.39 is 17.1 Å². The molecule has 0 radical (unpaired) electrons. The number of thioether (sulfide) groups is 1. The maximum absolute atomic E-state index is 12.4. The van der Waals surface area contributed by atoms with Gasteiger partial charge in [0.15, 0.2) is 0 Å². The first-order chi connectivity index (χ1) is 12.1. The second-order valence-electron chi connectivity index (χ2n) is 5.21. The molecule has 0 spiro atoms. The number of para-hydroxylation sites is 1. The molecule has 1 aromatic carbocycles. The number of hydrogen-bond acceptors (Lipinski definition) is 5. The van der Waals surface area contributed by atoms with Crippen molar-refractivity contribution in [2.45, 2.75) is 6.92 Å². The Morgan fingerprint density at radius 3 is 2.64 bits per heavy atom. The second kappa shape index (κ2) is 7.40. The number of benzene rings is 1. The summed E-state index contributed by atoms with van der Waals surface area (Å²) < 4.78 is 6.72. The van der Waals surface area contributed by atoms with E-state index in [-0.39, 0.29) is 18.1 Å². The molecule has 7 heteroatoms. The van der Waals surface area contributed by atoms with Crippen molar-refractivity contribution in [2.75, 3.05) is 13.2 Å². The van der Waals surface area contributed by atoms with Crippen LogP contribution in [0.25, 0.3) is 11.8 Å². The summed E-state index contributed by atoms with van der Waals surface area (Å²) in [4.78, 5) is 37.2. The number of hydrogen-bond donors (Lipinski definition) is 0. The fourth-order valence-corrected chi connectivity index (χ4v) is 3.26. The Bertz CT molecular complexity index is 842. The van der Waals surface area contributed by atoms with Gasteiger partial charge in [-0.05, 0) is 49.0 Å². The molecule has 0 atom stereocenters. The van der Waals surface area contributed by atoms with Crippen LogP contribution in [0.3, 0.4) is 0 Å². The lowest BCUT2D eigenvalue weighted by molar-refractivity contribution is -0.145. The molecule has 25 heavy (non-hydrogen) atoms. The van der Waals surface area contributed by atoms with Gasteiger partial charge in [-0.15, -0.1) is 0 Å². The Balaban J connectivity index is 1.84. The van der Waals surface area contributed by atoms with E-state index in [4.69, 9.17) is 4.74 Å². The lowest BCUT2D eigenvalue weighted by atomic mass is 10.3. The molecule has 1 aliphatic heterocycles. The third-order valence-corrected chi connectivity index (χ3v) is 4.47. The Morgan fingerprint density at radius 2 is 1.92 bits per heavy atom. The molecule has 0 unspecified atom stereocenters. The van der Waals surface area contributed by atoms with Crippen LogP contribution in [0.2, 0.25) is 0 Å². The van der Waals surface area contributed by atoms with Gasteiger partial charge < -0.3 is 9.30 Å². The van der Waals surface area contributed by atoms with Crippen LogP contribution in [-0.2, 0) is 14.3 Å². The first kappa shape index (κ1) is 17.0. The quantitative estimate of drug-likeness (QED) is 0.608. The van der Waals surface area contributed by atoms with Gasteiger partial charge in [0.2, 0.25) is 0 Å². The molecule has 0 aliphatic carbocycles. The molecular formula is C18H16N2O4S. The van der Waals surface area contributed by atoms with Crippen LogP contribution in [0.5, 0.6) is 0 Å². The van der Waals surface area contributed by atoms with Crippen molar-refractivity contribution in [2.24, 2.45) is 0 Å². The zero-order chi connectivity index (χ0) is 17.8. The smallest absolute Gasteiger partial charge is 0.326 e. The first-order valence-electron chi connectivity index (χ1n) is 7.74. The van der Waals surface area contributed by atoms with E-state index in [0.717, 1.165) is 28.0 Å². The minimum absolute atomic E-state index is 0.204. The van der Waals surface area contributed by atoms with Crippen molar-refractivity contribution < 1.29 is 19.1 Å². The maximum Gasteiger partial charge on any atom is 0.326 e. The molecule has 0 saturated carbocycles. The number of ether oxygens (including phenoxy) is 1. The lowest BCUT2D eigenvalue weighted by Gasteiger charge is -2.10. The highest BCUT2D eigenvalue weighted by atomic mass is 32.2. The molecule has 6 nitrogen and oxygen atoms in total. The Kier molecular flexibility index (Phi) is 5.04. The molecule has 2 aromatic rings. The molecule has 2 amide bonds. The molecule has 0 N–H and O–H groups in total. The van der Waals surface area contributed by atoms with E-state index in [1.54, 1.807) is 13.0 Å². The van der Waals surface area contributed by atoms with Crippen molar-refractivity contribution in [3.63, 3.8) is 0 Å². The largest absolute Gasteiger partial charge is 0.465 e. The molecule has 2 heterocycles. The minimum Gasteiger partial charge on any atom is -0.465 e. The van der Waals surface area contributed by atoms with E-state index in [2.05, 4.69) is 0 Å². The molecule has 1 aliphatic rings. The summed E-state index contributed by atoms with van der Waals surface area (Å²) in [5.74, 6) is -1.08. The van der Waals surface area contributed by atoms with Gasteiger partial charge in [-0.3, -0.25) is 19.3 Å². The van der Waals surface area contributed by atoms with Crippen LogP contribution in [0.15, 0.2) is 53.6 Å². The molecule has 3 rings (SSSR count). The van der Waals surface area contributed by atoms with Crippen molar-refractivity contribution in [1.82, 2.24) is 9.47 Å². The predicted molar refractivity (Wildman–Crippen MR) is 95.1 cm³/mol. The van der Waals surface area contributed by atoms with Crippen LogP contribution in [0.4, 0.5) is 4.79 Å². The summed E-state index contributed by atoms with van der Waals surface area (Å²) in [6.45, 7) is 1.51. The van der Waals surface area contributed by atoms with Crippen molar-refractivity contribution >= 4 is 35.0 Å². The Morgan fingerprint density at radius 1 is 1.16 bits per heavy atom. The maximum atomic E-state index is 12.4. The van der Waals surface area contributed by atoms with Crippen LogP contribution in [-0.4, -0.2) is 39.7 Å². The first-order valence-corrected chi connectivity index (χ1v) is 8.55. The third-order valence-electron chi connectivity index (χ3n) is 3.56. The summed E-state index contributed by atoms with van der Waals surface area (Å²) in [5, 5.41) is -0.470. The number of carbonyl (C=O) groups is 3. The average Bonchev–Trinajstić information content (AvgIpc) is 3.16. The third kappa shape index (κ3) is 3.66. The topological polar surface area (TPSA) is 68.6 Å². The summed E-state index contributed by atoms with van der Waals surface area (Å²) in [6.07, 6.45) is 3.53. The van der Waals surface area contributed by atoms with E-state index in [1.807, 2.05) is 53.2 Å². The van der Waals surface area contributed by atoms with Crippen LogP contribution < -0.4 is 0 Å². The molecule has 1 aromatic heterocycles. The molecule has 1 fully saturated rings. The van der Waals surface area contributed by atoms with E-state index in [1.165, 1.54) is 0 Å². The highest BCUT2D eigenvalue weighted by Crippen LogP contribution is 2.32. The normalized spacial score (nSPS) is 15.9. The number of imide groups is 1. The monoisotopic (exact) mass is 356 g/mol. The lowest BCUT2D eigenvalue weighted by Crippen LogP contribution is -2.34. The fraction of sp³-hybridized carbons (Fsp3) is 0.167. The second-order valence-corrected chi connectivity index (χ2v) is 6.20. The standard InChI is InChI=1S/C18H16N2O4S/c1-2-24-16(21)12-20-17(22)15(25-18(20)23)11-14-9-6-10-19(14)13-7-4-3-5-8-13/h3-11H,2,12H2,1H3. The van der Waals surface area contributed by atoms with Gasteiger partial charge in [0, 0.05) is 17.6 Å². The van der Waals surface area contributed by atoms with Gasteiger partial charge in [0.05, 0.1) is 11.5 Å². The number of carbonyl (C=O) groups excluding carboxylic acids is 3. The van der Waals surface area contributed by atoms with E-state index >= 15 is 0 Å². The van der Waals surface area contributed by atoms with Crippen molar-refractivity contribution in [3.8, 4) is 5.69 Å². The van der Waals surface area contributed by atoms with E-state index in [9.17, 15) is 14.4 Å². The number of amides is 2. The summed E-state index contributed by atoms with van der Waals surface area (Å²) in [7, 11) is 0. The van der Waals surface area contributed by atoms with E-state index in [0.29, 0.717) is 0 Å². The Labute approximate surface area is 149 Å². The van der Waals surface area contributed by atoms with Gasteiger partial charge in [-0.25, -0.2) is 0 Å². The summed E-state index contributed by atoms with van der Waals surface area (Å²) in [5.41, 5.74) is 1.72. The van der Waals surface area contributed by atoms with Crippen LogP contribution >= 0.6 is 11.8 Å². The number of esters is 1. The van der Waals surface area contributed by atoms with Gasteiger partial charge in [0.1, 0.15) is 6.54 Å². The van der Waals surface area contributed by atoms with Crippen molar-refractivity contribution in [1.29, 1.82) is 0 Å². The average molecular weight is 356 g/mol. The SMILES string of the molecule is CCOC(=O)CN1C(=O)SC(=Cc2cccn2-c2ccccc2)C1=O. The van der Waals surface area contributed by atoms with Crippen LogP contribution in [0, 0.1) is 0 Å². The van der Waals surface area contributed by atoms with Crippen LogP contribution in [0.1, 0.15) is 12.6 Å². The highest BCUT2D eigenvalue weighted by Gasteiger charge is 2.36. The summed E-state index contributed by atoms with van der Waals surface area (Å²) >= 11 is 0.821. The molecule has 0 bridgehead atoms. The Hall–Kier alpha value is -2.80. The predicted octanol–water partition coefficient (Wildman–Crippen LogP) is 3.08. The van der Waals surface area contributed by atoms with Gasteiger partial charge in [-0.1, -0.05) is 18.2 Å². The van der Waals surface area contributed by atoms with Gasteiger partial charge in [-0.2, -0.15) is 0 Å². The molecule has 1 saturated heterocycles.